The first kappa shape index (κ1) is 16.1. The van der Waals surface area contributed by atoms with Crippen molar-refractivity contribution in [2.75, 3.05) is 44.2 Å². The second kappa shape index (κ2) is 6.76. The van der Waals surface area contributed by atoms with Crippen molar-refractivity contribution in [3.8, 4) is 0 Å². The molecule has 0 radical (unpaired) electrons. The van der Waals surface area contributed by atoms with Gasteiger partial charge < -0.3 is 10.2 Å². The average Bonchev–Trinajstić information content (AvgIpc) is 3.00. The summed E-state index contributed by atoms with van der Waals surface area (Å²) in [6, 6.07) is 7.26. The molecule has 23 heavy (non-hydrogen) atoms. The van der Waals surface area contributed by atoms with Gasteiger partial charge in [-0.05, 0) is 25.1 Å². The van der Waals surface area contributed by atoms with Crippen LogP contribution in [0.4, 0.5) is 10.5 Å². The van der Waals surface area contributed by atoms with Crippen LogP contribution in [0.15, 0.2) is 24.3 Å². The molecule has 3 amide bonds. The summed E-state index contributed by atoms with van der Waals surface area (Å²) >= 11 is 6.05. The molecule has 1 aromatic rings. The Hall–Kier alpha value is -1.79. The molecule has 6 nitrogen and oxygen atoms in total. The Labute approximate surface area is 141 Å². The van der Waals surface area contributed by atoms with Crippen LogP contribution in [-0.4, -0.2) is 67.0 Å². The van der Waals surface area contributed by atoms with Crippen LogP contribution in [0.1, 0.15) is 6.92 Å². The van der Waals surface area contributed by atoms with Crippen LogP contribution in [0, 0.1) is 0 Å². The van der Waals surface area contributed by atoms with Gasteiger partial charge in [0, 0.05) is 50.0 Å². The van der Waals surface area contributed by atoms with Crippen LogP contribution in [-0.2, 0) is 4.79 Å². The molecule has 2 heterocycles. The molecule has 0 spiro atoms. The molecule has 1 aromatic carbocycles. The molecule has 2 saturated heterocycles. The first-order valence-electron chi connectivity index (χ1n) is 7.90. The van der Waals surface area contributed by atoms with E-state index in [0.29, 0.717) is 13.1 Å². The molecule has 0 aromatic heterocycles. The molecule has 2 aliphatic rings. The number of anilines is 1. The zero-order chi connectivity index (χ0) is 16.4. The van der Waals surface area contributed by atoms with Gasteiger partial charge in [0.2, 0.25) is 5.91 Å². The summed E-state index contributed by atoms with van der Waals surface area (Å²) < 4.78 is 0. The van der Waals surface area contributed by atoms with Crippen molar-refractivity contribution in [1.82, 2.24) is 15.1 Å². The van der Waals surface area contributed by atoms with Gasteiger partial charge >= 0.3 is 6.03 Å². The van der Waals surface area contributed by atoms with E-state index in [9.17, 15) is 9.59 Å². The maximum absolute atomic E-state index is 12.4. The van der Waals surface area contributed by atoms with Crippen LogP contribution in [0.3, 0.4) is 0 Å². The van der Waals surface area contributed by atoms with Crippen molar-refractivity contribution in [2.24, 2.45) is 0 Å². The highest BCUT2D eigenvalue weighted by Gasteiger charge is 2.33. The number of imide groups is 1. The third-order valence-electron chi connectivity index (χ3n) is 4.52. The third kappa shape index (κ3) is 3.43. The van der Waals surface area contributed by atoms with Gasteiger partial charge in [-0.3, -0.25) is 14.6 Å². The van der Waals surface area contributed by atoms with E-state index in [0.717, 1.165) is 36.9 Å². The molecule has 0 aliphatic carbocycles. The number of halogens is 1. The Balaban J connectivity index is 1.58. The van der Waals surface area contributed by atoms with Gasteiger partial charge in [-0.2, -0.15) is 0 Å². The number of piperazine rings is 1. The predicted molar refractivity (Wildman–Crippen MR) is 89.8 cm³/mol. The Morgan fingerprint density at radius 2 is 1.96 bits per heavy atom. The monoisotopic (exact) mass is 336 g/mol. The molecule has 0 unspecified atom stereocenters. The number of carbonyl (C=O) groups is 2. The maximum atomic E-state index is 12.4. The van der Waals surface area contributed by atoms with Crippen molar-refractivity contribution >= 4 is 29.2 Å². The quantitative estimate of drug-likeness (QED) is 0.906. The second-order valence-electron chi connectivity index (χ2n) is 5.90. The minimum atomic E-state index is -0.278. The number of rotatable bonds is 3. The number of nitrogens with one attached hydrogen (secondary N) is 1. The first-order chi connectivity index (χ1) is 11.1. The number of amides is 3. The molecule has 0 saturated carbocycles. The lowest BCUT2D eigenvalue weighted by Crippen LogP contribution is -2.55. The molecular formula is C16H21ClN4O2. The summed E-state index contributed by atoms with van der Waals surface area (Å²) in [6.07, 6.45) is 0. The minimum absolute atomic E-state index is 0.115. The van der Waals surface area contributed by atoms with Gasteiger partial charge in [0.25, 0.3) is 0 Å². The van der Waals surface area contributed by atoms with E-state index in [1.807, 2.05) is 31.2 Å². The topological polar surface area (TPSA) is 55.9 Å². The normalized spacial score (nSPS) is 20.5. The van der Waals surface area contributed by atoms with Crippen molar-refractivity contribution in [3.05, 3.63) is 29.3 Å². The van der Waals surface area contributed by atoms with E-state index in [-0.39, 0.29) is 18.0 Å². The highest BCUT2D eigenvalue weighted by molar-refractivity contribution is 6.30. The predicted octanol–water partition coefficient (Wildman–Crippen LogP) is 1.40. The van der Waals surface area contributed by atoms with Gasteiger partial charge in [-0.1, -0.05) is 17.7 Å². The van der Waals surface area contributed by atoms with Crippen molar-refractivity contribution in [1.29, 1.82) is 0 Å². The molecule has 124 valence electrons. The zero-order valence-electron chi connectivity index (χ0n) is 13.2. The fraction of sp³-hybridized carbons (Fsp3) is 0.500. The molecule has 2 fully saturated rings. The summed E-state index contributed by atoms with van der Waals surface area (Å²) in [6.45, 7) is 6.13. The van der Waals surface area contributed by atoms with Crippen LogP contribution in [0.2, 0.25) is 5.02 Å². The molecule has 1 N–H and O–H groups in total. The summed E-state index contributed by atoms with van der Waals surface area (Å²) in [4.78, 5) is 29.8. The summed E-state index contributed by atoms with van der Waals surface area (Å²) in [7, 11) is 0. The Morgan fingerprint density at radius 1 is 1.22 bits per heavy atom. The van der Waals surface area contributed by atoms with Crippen LogP contribution in [0.5, 0.6) is 0 Å². The van der Waals surface area contributed by atoms with Gasteiger partial charge in [0.15, 0.2) is 0 Å². The van der Waals surface area contributed by atoms with Crippen LogP contribution >= 0.6 is 11.6 Å². The Kier molecular flexibility index (Phi) is 4.73. The lowest BCUT2D eigenvalue weighted by molar-refractivity contribution is -0.132. The number of carbonyl (C=O) groups excluding carboxylic acids is 2. The minimum Gasteiger partial charge on any atom is -0.369 e. The summed E-state index contributed by atoms with van der Waals surface area (Å²) in [5.41, 5.74) is 1.11. The Bertz CT molecular complexity index is 601. The van der Waals surface area contributed by atoms with E-state index in [4.69, 9.17) is 11.6 Å². The van der Waals surface area contributed by atoms with Gasteiger partial charge in [-0.25, -0.2) is 4.79 Å². The van der Waals surface area contributed by atoms with Gasteiger partial charge in [0.05, 0.1) is 6.04 Å². The van der Waals surface area contributed by atoms with E-state index in [1.165, 1.54) is 4.90 Å². The molecule has 1 atom stereocenters. The molecule has 2 aliphatic heterocycles. The van der Waals surface area contributed by atoms with Crippen LogP contribution in [0.25, 0.3) is 0 Å². The highest BCUT2D eigenvalue weighted by Crippen LogP contribution is 2.21. The summed E-state index contributed by atoms with van der Waals surface area (Å²) in [5, 5.41) is 3.40. The highest BCUT2D eigenvalue weighted by atomic mass is 35.5. The largest absolute Gasteiger partial charge is 0.369 e. The van der Waals surface area contributed by atoms with E-state index in [1.54, 1.807) is 0 Å². The molecule has 0 bridgehead atoms. The standard InChI is InChI=1S/C16H21ClN4O2/c1-12(15(22)21-6-5-18-16(21)23)19-7-9-20(10-8-19)14-4-2-3-13(17)11-14/h2-4,11-12H,5-10H2,1H3,(H,18,23)/t12-/m0/s1. The second-order valence-corrected chi connectivity index (χ2v) is 6.34. The van der Waals surface area contributed by atoms with Crippen molar-refractivity contribution in [3.63, 3.8) is 0 Å². The van der Waals surface area contributed by atoms with E-state index in [2.05, 4.69) is 15.1 Å². The first-order valence-corrected chi connectivity index (χ1v) is 8.28. The lowest BCUT2D eigenvalue weighted by Gasteiger charge is -2.39. The van der Waals surface area contributed by atoms with E-state index >= 15 is 0 Å². The third-order valence-corrected chi connectivity index (χ3v) is 4.75. The number of hydrogen-bond donors (Lipinski definition) is 1. The van der Waals surface area contributed by atoms with Gasteiger partial charge in [0.1, 0.15) is 0 Å². The molecule has 3 rings (SSSR count). The number of nitrogens with zero attached hydrogens (tertiary/aromatic N) is 3. The number of hydrogen-bond acceptors (Lipinski definition) is 4. The fourth-order valence-electron chi connectivity index (χ4n) is 3.10. The average molecular weight is 337 g/mol. The number of urea groups is 1. The maximum Gasteiger partial charge on any atom is 0.324 e. The number of benzene rings is 1. The SMILES string of the molecule is C[C@@H](C(=O)N1CCNC1=O)N1CCN(c2cccc(Cl)c2)CC1. The van der Waals surface area contributed by atoms with E-state index < -0.39 is 0 Å². The zero-order valence-corrected chi connectivity index (χ0v) is 13.9. The fourth-order valence-corrected chi connectivity index (χ4v) is 3.29. The van der Waals surface area contributed by atoms with Crippen molar-refractivity contribution in [2.45, 2.75) is 13.0 Å². The Morgan fingerprint density at radius 3 is 2.57 bits per heavy atom. The van der Waals surface area contributed by atoms with Crippen molar-refractivity contribution < 1.29 is 9.59 Å². The summed E-state index contributed by atoms with van der Waals surface area (Å²) in [5.74, 6) is -0.115. The van der Waals surface area contributed by atoms with Crippen LogP contribution < -0.4 is 10.2 Å². The van der Waals surface area contributed by atoms with Gasteiger partial charge in [-0.15, -0.1) is 0 Å². The molecular weight excluding hydrogens is 316 g/mol. The molecule has 7 heteroatoms. The smallest absolute Gasteiger partial charge is 0.324 e. The lowest BCUT2D eigenvalue weighted by atomic mass is 10.2.